The van der Waals surface area contributed by atoms with Gasteiger partial charge in [-0.15, -0.1) is 0 Å². The highest BCUT2D eigenvalue weighted by Crippen LogP contribution is 2.33. The molecule has 0 aliphatic heterocycles. The van der Waals surface area contributed by atoms with Gasteiger partial charge in [0.15, 0.2) is 0 Å². The highest BCUT2D eigenvalue weighted by atomic mass is 15.2. The maximum Gasteiger partial charge on any atom is 0.138 e. The van der Waals surface area contributed by atoms with Gasteiger partial charge >= 0.3 is 0 Å². The first-order valence-electron chi connectivity index (χ1n) is 19.5. The van der Waals surface area contributed by atoms with Crippen molar-refractivity contribution in [2.45, 2.75) is 175 Å². The molecular weight excluding hydrogens is 558 g/mol. The molecule has 0 radical (unpaired) electrons. The third-order valence-corrected chi connectivity index (χ3v) is 9.48. The number of aryl methyl sites for hydroxylation is 3. The zero-order valence-corrected chi connectivity index (χ0v) is 30.1. The van der Waals surface area contributed by atoms with Crippen molar-refractivity contribution in [2.75, 3.05) is 4.90 Å². The van der Waals surface area contributed by atoms with Crippen LogP contribution in [0.1, 0.15) is 172 Å². The molecule has 0 amide bonds. The van der Waals surface area contributed by atoms with E-state index in [1.54, 1.807) is 0 Å². The van der Waals surface area contributed by atoms with Gasteiger partial charge in [-0.3, -0.25) is 4.90 Å². The van der Waals surface area contributed by atoms with E-state index in [1.165, 1.54) is 152 Å². The van der Waals surface area contributed by atoms with Crippen LogP contribution < -0.4 is 4.90 Å². The summed E-state index contributed by atoms with van der Waals surface area (Å²) in [6, 6.07) is 18.2. The van der Waals surface area contributed by atoms with E-state index < -0.39 is 0 Å². The smallest absolute Gasteiger partial charge is 0.138 e. The molecule has 1 aromatic carbocycles. The van der Waals surface area contributed by atoms with Crippen LogP contribution in [0.2, 0.25) is 0 Å². The first-order valence-corrected chi connectivity index (χ1v) is 19.5. The van der Waals surface area contributed by atoms with Gasteiger partial charge in [0.2, 0.25) is 0 Å². The van der Waals surface area contributed by atoms with E-state index in [2.05, 4.69) is 74.2 Å². The van der Waals surface area contributed by atoms with Crippen LogP contribution in [-0.2, 0) is 19.3 Å². The number of aromatic nitrogens is 2. The fourth-order valence-corrected chi connectivity index (χ4v) is 6.53. The molecule has 0 aliphatic carbocycles. The third kappa shape index (κ3) is 15.3. The third-order valence-electron chi connectivity index (χ3n) is 9.48. The number of nitrogens with zero attached hydrogens (tertiary/aromatic N) is 3. The normalized spacial score (nSPS) is 11.3. The quantitative estimate of drug-likeness (QED) is 0.0789. The molecule has 46 heavy (non-hydrogen) atoms. The van der Waals surface area contributed by atoms with Crippen molar-refractivity contribution in [3.63, 3.8) is 0 Å². The minimum absolute atomic E-state index is 0.973. The molecule has 0 saturated heterocycles. The topological polar surface area (TPSA) is 29.0 Å². The lowest BCUT2D eigenvalue weighted by atomic mass is 10.0. The summed E-state index contributed by atoms with van der Waals surface area (Å²) in [6.45, 7) is 6.87. The lowest BCUT2D eigenvalue weighted by Gasteiger charge is -2.24. The Labute approximate surface area is 284 Å². The van der Waals surface area contributed by atoms with Crippen LogP contribution in [0, 0.1) is 0 Å². The SMILES string of the molecule is CCCCCCCCCc1ccc(N(c2cc(CCCCCCCCC)ccn2)c2cc(CCCCCCCCC)ccn2)cc1. The van der Waals surface area contributed by atoms with Crippen LogP contribution in [0.3, 0.4) is 0 Å². The van der Waals surface area contributed by atoms with Gasteiger partial charge in [-0.1, -0.05) is 148 Å². The molecular formula is C43H67N3. The fourth-order valence-electron chi connectivity index (χ4n) is 6.53. The number of benzene rings is 1. The molecule has 0 N–H and O–H groups in total. The van der Waals surface area contributed by atoms with E-state index in [4.69, 9.17) is 9.97 Å². The summed E-state index contributed by atoms with van der Waals surface area (Å²) in [5, 5.41) is 0. The van der Waals surface area contributed by atoms with Gasteiger partial charge in [-0.25, -0.2) is 9.97 Å². The Morgan fingerprint density at radius 1 is 0.391 bits per heavy atom. The number of anilines is 3. The van der Waals surface area contributed by atoms with E-state index in [9.17, 15) is 0 Å². The molecule has 254 valence electrons. The summed E-state index contributed by atoms with van der Waals surface area (Å²) in [7, 11) is 0. The molecule has 0 spiro atoms. The molecule has 0 aliphatic rings. The summed E-state index contributed by atoms with van der Waals surface area (Å²) < 4.78 is 0. The molecule has 3 nitrogen and oxygen atoms in total. The van der Waals surface area contributed by atoms with E-state index in [1.807, 2.05) is 12.4 Å². The number of hydrogen-bond acceptors (Lipinski definition) is 3. The van der Waals surface area contributed by atoms with Crippen LogP contribution in [-0.4, -0.2) is 9.97 Å². The lowest BCUT2D eigenvalue weighted by molar-refractivity contribution is 0.589. The van der Waals surface area contributed by atoms with E-state index in [0.29, 0.717) is 0 Å². The summed E-state index contributed by atoms with van der Waals surface area (Å²) in [4.78, 5) is 12.1. The van der Waals surface area contributed by atoms with Gasteiger partial charge in [0, 0.05) is 18.1 Å². The van der Waals surface area contributed by atoms with Crippen LogP contribution in [0.4, 0.5) is 17.3 Å². The number of pyridine rings is 2. The van der Waals surface area contributed by atoms with Crippen molar-refractivity contribution in [1.82, 2.24) is 9.97 Å². The Balaban J connectivity index is 1.69. The van der Waals surface area contributed by atoms with Gasteiger partial charge < -0.3 is 0 Å². The van der Waals surface area contributed by atoms with Gasteiger partial charge in [0.05, 0.1) is 0 Å². The van der Waals surface area contributed by atoms with Crippen LogP contribution >= 0.6 is 0 Å². The van der Waals surface area contributed by atoms with Crippen LogP contribution in [0.5, 0.6) is 0 Å². The summed E-state index contributed by atoms with van der Waals surface area (Å²) >= 11 is 0. The highest BCUT2D eigenvalue weighted by Gasteiger charge is 2.16. The minimum atomic E-state index is 0.973. The first-order chi connectivity index (χ1) is 22.7. The van der Waals surface area contributed by atoms with Gasteiger partial charge in [-0.2, -0.15) is 0 Å². The number of unbranched alkanes of at least 4 members (excludes halogenated alkanes) is 18. The van der Waals surface area contributed by atoms with Gasteiger partial charge in [0.1, 0.15) is 11.6 Å². The predicted molar refractivity (Wildman–Crippen MR) is 202 cm³/mol. The van der Waals surface area contributed by atoms with Crippen LogP contribution in [0.25, 0.3) is 0 Å². The lowest BCUT2D eigenvalue weighted by Crippen LogP contribution is -2.14. The molecule has 3 rings (SSSR count). The van der Waals surface area contributed by atoms with E-state index in [0.717, 1.165) is 36.6 Å². The second-order valence-corrected chi connectivity index (χ2v) is 13.7. The Hall–Kier alpha value is -2.68. The summed E-state index contributed by atoms with van der Waals surface area (Å²) in [6.07, 6.45) is 35.5. The molecule has 2 aromatic heterocycles. The molecule has 0 saturated carbocycles. The van der Waals surface area contributed by atoms with E-state index in [-0.39, 0.29) is 0 Å². The average Bonchev–Trinajstić information content (AvgIpc) is 3.08. The van der Waals surface area contributed by atoms with Crippen molar-refractivity contribution in [1.29, 1.82) is 0 Å². The molecule has 0 bridgehead atoms. The standard InChI is InChI=1S/C43H67N3/c1-4-7-10-13-16-19-22-25-38-28-30-41(31-29-38)46(42-36-39(32-34-44-42)26-23-20-17-14-11-8-5-2)43-37-40(33-35-45-43)27-24-21-18-15-12-9-6-3/h28-37H,4-27H2,1-3H3. The van der Waals surface area contributed by atoms with Gasteiger partial charge in [-0.05, 0) is 91.6 Å². The number of hydrogen-bond donors (Lipinski definition) is 0. The van der Waals surface area contributed by atoms with Crippen molar-refractivity contribution >= 4 is 17.3 Å². The maximum atomic E-state index is 4.91. The minimum Gasteiger partial charge on any atom is -0.279 e. The predicted octanol–water partition coefficient (Wildman–Crippen LogP) is 13.8. The maximum absolute atomic E-state index is 4.91. The fraction of sp³-hybridized carbons (Fsp3) is 0.628. The Morgan fingerprint density at radius 3 is 1.13 bits per heavy atom. The highest BCUT2D eigenvalue weighted by molar-refractivity contribution is 5.72. The molecule has 3 heteroatoms. The second kappa shape index (κ2) is 24.5. The molecule has 2 heterocycles. The number of rotatable bonds is 27. The largest absolute Gasteiger partial charge is 0.279 e. The molecule has 0 atom stereocenters. The summed E-state index contributed by atoms with van der Waals surface area (Å²) in [5.74, 6) is 1.95. The van der Waals surface area contributed by atoms with Gasteiger partial charge in [0.25, 0.3) is 0 Å². The zero-order valence-electron chi connectivity index (χ0n) is 30.1. The average molecular weight is 626 g/mol. The molecule has 0 fully saturated rings. The van der Waals surface area contributed by atoms with Crippen molar-refractivity contribution in [3.8, 4) is 0 Å². The Morgan fingerprint density at radius 2 is 0.739 bits per heavy atom. The second-order valence-electron chi connectivity index (χ2n) is 13.7. The Bertz CT molecular complexity index is 1090. The van der Waals surface area contributed by atoms with E-state index >= 15 is 0 Å². The van der Waals surface area contributed by atoms with Crippen molar-refractivity contribution < 1.29 is 0 Å². The first kappa shape index (κ1) is 37.8. The monoisotopic (exact) mass is 626 g/mol. The molecule has 3 aromatic rings. The zero-order chi connectivity index (χ0) is 32.5. The molecule has 0 unspecified atom stereocenters. The van der Waals surface area contributed by atoms with Crippen LogP contribution in [0.15, 0.2) is 60.9 Å². The van der Waals surface area contributed by atoms with Crippen molar-refractivity contribution in [3.05, 3.63) is 77.6 Å². The van der Waals surface area contributed by atoms with Crippen molar-refractivity contribution in [2.24, 2.45) is 0 Å². The Kier molecular flexibility index (Phi) is 20.1. The summed E-state index contributed by atoms with van der Waals surface area (Å²) in [5.41, 5.74) is 5.32.